The average molecular weight is 467 g/mol. The smallest absolute Gasteiger partial charge is 0.254 e. The molecule has 5 aliphatic rings. The second-order valence-electron chi connectivity index (χ2n) is 11.3. The maximum Gasteiger partial charge on any atom is 0.254 e. The van der Waals surface area contributed by atoms with E-state index < -0.39 is 0 Å². The first-order chi connectivity index (χ1) is 17.1. The van der Waals surface area contributed by atoms with Crippen LogP contribution in [0.4, 0.5) is 5.82 Å². The molecule has 0 unspecified atom stereocenters. The molecule has 1 aliphatic heterocycles. The second-order valence-corrected chi connectivity index (χ2v) is 11.3. The van der Waals surface area contributed by atoms with Crippen LogP contribution in [0.1, 0.15) is 60.1 Å². The van der Waals surface area contributed by atoms with Crippen molar-refractivity contribution in [2.24, 2.45) is 23.2 Å². The standard InChI is InChI=1S/C29H30N4O2/c34-27(23-6-5-21-3-1-2-4-22(21)12-23)33-8-7-24-25(16-33)30-17-31-26(24)32-28(35)29-13-18-9-19(14-29)11-20(10-18)15-29/h1-6,12,17-20H,7-11,13-16H2,(H,30,31,32,35). The van der Waals surface area contributed by atoms with Crippen LogP contribution in [0.2, 0.25) is 0 Å². The van der Waals surface area contributed by atoms with Gasteiger partial charge in [0.2, 0.25) is 5.91 Å². The third kappa shape index (κ3) is 3.53. The van der Waals surface area contributed by atoms with Crippen molar-refractivity contribution in [1.82, 2.24) is 14.9 Å². The predicted octanol–water partition coefficient (Wildman–Crippen LogP) is 4.98. The largest absolute Gasteiger partial charge is 0.332 e. The van der Waals surface area contributed by atoms with Crippen molar-refractivity contribution < 1.29 is 9.59 Å². The van der Waals surface area contributed by atoms with E-state index in [1.165, 1.54) is 25.6 Å². The number of anilines is 1. The molecule has 178 valence electrons. The maximum absolute atomic E-state index is 13.6. The number of carbonyl (C=O) groups is 2. The summed E-state index contributed by atoms with van der Waals surface area (Å²) < 4.78 is 0. The molecule has 35 heavy (non-hydrogen) atoms. The summed E-state index contributed by atoms with van der Waals surface area (Å²) >= 11 is 0. The Morgan fingerprint density at radius 2 is 1.63 bits per heavy atom. The molecule has 2 heterocycles. The van der Waals surface area contributed by atoms with Gasteiger partial charge in [0.05, 0.1) is 17.7 Å². The van der Waals surface area contributed by atoms with Gasteiger partial charge in [0, 0.05) is 17.7 Å². The number of rotatable bonds is 3. The predicted molar refractivity (Wildman–Crippen MR) is 134 cm³/mol. The first-order valence-corrected chi connectivity index (χ1v) is 13.0. The lowest BCUT2D eigenvalue weighted by molar-refractivity contribution is -0.140. The van der Waals surface area contributed by atoms with E-state index in [0.717, 1.165) is 59.0 Å². The molecule has 2 aromatic carbocycles. The molecule has 4 bridgehead atoms. The highest BCUT2D eigenvalue weighted by atomic mass is 16.2. The van der Waals surface area contributed by atoms with Gasteiger partial charge in [-0.25, -0.2) is 9.97 Å². The van der Waals surface area contributed by atoms with Crippen LogP contribution in [-0.2, 0) is 17.8 Å². The second kappa shape index (κ2) is 7.87. The number of nitrogens with one attached hydrogen (secondary N) is 1. The van der Waals surface area contributed by atoms with E-state index in [1.54, 1.807) is 0 Å². The summed E-state index contributed by atoms with van der Waals surface area (Å²) in [5.74, 6) is 2.99. The molecule has 4 fully saturated rings. The summed E-state index contributed by atoms with van der Waals surface area (Å²) in [6.07, 6.45) is 9.22. The Morgan fingerprint density at radius 3 is 2.37 bits per heavy atom. The van der Waals surface area contributed by atoms with Gasteiger partial charge in [0.25, 0.3) is 5.91 Å². The third-order valence-corrected chi connectivity index (χ3v) is 9.04. The van der Waals surface area contributed by atoms with Gasteiger partial charge in [0.15, 0.2) is 0 Å². The van der Waals surface area contributed by atoms with Crippen molar-refractivity contribution in [3.05, 3.63) is 65.6 Å². The van der Waals surface area contributed by atoms with Gasteiger partial charge in [-0.1, -0.05) is 30.3 Å². The number of fused-ring (bicyclic) bond motifs is 2. The minimum absolute atomic E-state index is 0.0131. The molecule has 0 atom stereocenters. The SMILES string of the molecule is O=C(c1ccc2ccccc2c1)N1CCc2c(ncnc2NC(=O)C23CC4CC(CC(C4)C2)C3)C1. The summed E-state index contributed by atoms with van der Waals surface area (Å²) in [6.45, 7) is 1.02. The molecule has 1 aromatic heterocycles. The minimum atomic E-state index is -0.209. The first-order valence-electron chi connectivity index (χ1n) is 13.0. The molecule has 0 radical (unpaired) electrons. The Hall–Kier alpha value is -3.28. The van der Waals surface area contributed by atoms with Gasteiger partial charge >= 0.3 is 0 Å². The Balaban J connectivity index is 1.10. The molecule has 1 N–H and O–H groups in total. The summed E-state index contributed by atoms with van der Waals surface area (Å²) in [5, 5.41) is 5.42. The van der Waals surface area contributed by atoms with E-state index in [4.69, 9.17) is 0 Å². The topological polar surface area (TPSA) is 75.2 Å². The molecule has 0 spiro atoms. The number of aromatic nitrogens is 2. The van der Waals surface area contributed by atoms with Gasteiger partial charge in [-0.05, 0) is 85.6 Å². The zero-order chi connectivity index (χ0) is 23.6. The monoisotopic (exact) mass is 466 g/mol. The number of hydrogen-bond donors (Lipinski definition) is 1. The zero-order valence-corrected chi connectivity index (χ0v) is 19.9. The Morgan fingerprint density at radius 1 is 0.914 bits per heavy atom. The van der Waals surface area contributed by atoms with Gasteiger partial charge in [-0.2, -0.15) is 0 Å². The number of carbonyl (C=O) groups excluding carboxylic acids is 2. The highest BCUT2D eigenvalue weighted by molar-refractivity contribution is 5.99. The summed E-state index contributed by atoms with van der Waals surface area (Å²) in [4.78, 5) is 37.7. The van der Waals surface area contributed by atoms with Crippen LogP contribution in [0, 0.1) is 23.2 Å². The highest BCUT2D eigenvalue weighted by Gasteiger charge is 2.54. The van der Waals surface area contributed by atoms with Crippen molar-refractivity contribution in [1.29, 1.82) is 0 Å². The highest BCUT2D eigenvalue weighted by Crippen LogP contribution is 2.60. The van der Waals surface area contributed by atoms with Crippen LogP contribution in [0.5, 0.6) is 0 Å². The molecule has 8 rings (SSSR count). The normalized spacial score (nSPS) is 28.7. The molecule has 2 amide bonds. The molecular weight excluding hydrogens is 436 g/mol. The molecule has 6 nitrogen and oxygen atoms in total. The van der Waals surface area contributed by atoms with E-state index in [2.05, 4.69) is 21.4 Å². The van der Waals surface area contributed by atoms with Crippen LogP contribution in [0.15, 0.2) is 48.8 Å². The maximum atomic E-state index is 13.6. The lowest BCUT2D eigenvalue weighted by Crippen LogP contribution is -2.52. The number of benzene rings is 2. The fraction of sp³-hybridized carbons (Fsp3) is 0.448. The van der Waals surface area contributed by atoms with Gasteiger partial charge in [0.1, 0.15) is 12.1 Å². The van der Waals surface area contributed by atoms with Crippen molar-refractivity contribution in [2.75, 3.05) is 11.9 Å². The van der Waals surface area contributed by atoms with E-state index in [1.807, 2.05) is 41.3 Å². The Bertz CT molecular complexity index is 1310. The first kappa shape index (κ1) is 21.0. The van der Waals surface area contributed by atoms with Crippen LogP contribution in [-0.4, -0.2) is 33.2 Å². The van der Waals surface area contributed by atoms with E-state index in [9.17, 15) is 9.59 Å². The molecule has 4 saturated carbocycles. The molecule has 4 aliphatic carbocycles. The summed E-state index contributed by atoms with van der Waals surface area (Å²) in [6, 6.07) is 13.9. The minimum Gasteiger partial charge on any atom is -0.332 e. The Labute approximate surface area is 205 Å². The van der Waals surface area contributed by atoms with Crippen LogP contribution in [0.25, 0.3) is 10.8 Å². The lowest BCUT2D eigenvalue weighted by atomic mass is 9.49. The van der Waals surface area contributed by atoms with Crippen molar-refractivity contribution in [2.45, 2.75) is 51.5 Å². The summed E-state index contributed by atoms with van der Waals surface area (Å²) in [5.41, 5.74) is 2.30. The van der Waals surface area contributed by atoms with Gasteiger partial charge in [-0.3, -0.25) is 9.59 Å². The third-order valence-electron chi connectivity index (χ3n) is 9.04. The van der Waals surface area contributed by atoms with E-state index in [0.29, 0.717) is 30.9 Å². The molecular formula is C29H30N4O2. The van der Waals surface area contributed by atoms with E-state index in [-0.39, 0.29) is 17.2 Å². The molecule has 3 aromatic rings. The van der Waals surface area contributed by atoms with Crippen LogP contribution >= 0.6 is 0 Å². The van der Waals surface area contributed by atoms with Crippen molar-refractivity contribution >= 4 is 28.4 Å². The van der Waals surface area contributed by atoms with Gasteiger partial charge in [-0.15, -0.1) is 0 Å². The number of amides is 2. The fourth-order valence-corrected chi connectivity index (χ4v) is 7.77. The average Bonchev–Trinajstić information content (AvgIpc) is 2.87. The zero-order valence-electron chi connectivity index (χ0n) is 19.9. The van der Waals surface area contributed by atoms with Crippen molar-refractivity contribution in [3.63, 3.8) is 0 Å². The number of nitrogens with zero attached hydrogens (tertiary/aromatic N) is 3. The van der Waals surface area contributed by atoms with Crippen molar-refractivity contribution in [3.8, 4) is 0 Å². The van der Waals surface area contributed by atoms with Gasteiger partial charge < -0.3 is 10.2 Å². The van der Waals surface area contributed by atoms with E-state index >= 15 is 0 Å². The molecule has 6 heteroatoms. The van der Waals surface area contributed by atoms with Crippen LogP contribution in [0.3, 0.4) is 0 Å². The lowest BCUT2D eigenvalue weighted by Gasteiger charge is -2.55. The Kier molecular flexibility index (Phi) is 4.73. The summed E-state index contributed by atoms with van der Waals surface area (Å²) in [7, 11) is 0. The molecule has 0 saturated heterocycles. The fourth-order valence-electron chi connectivity index (χ4n) is 7.77. The quantitative estimate of drug-likeness (QED) is 0.591. The number of hydrogen-bond acceptors (Lipinski definition) is 4. The van der Waals surface area contributed by atoms with Crippen LogP contribution < -0.4 is 5.32 Å².